The van der Waals surface area contributed by atoms with Gasteiger partial charge in [-0.15, -0.1) is 0 Å². The van der Waals surface area contributed by atoms with Crippen molar-refractivity contribution in [3.63, 3.8) is 0 Å². The Morgan fingerprint density at radius 2 is 1.57 bits per heavy atom. The molecule has 0 heterocycles. The minimum atomic E-state index is 0.293. The predicted octanol–water partition coefficient (Wildman–Crippen LogP) is 6.73. The normalized spacial score (nSPS) is 15.8. The molecule has 1 aliphatic carbocycles. The summed E-state index contributed by atoms with van der Waals surface area (Å²) in [5.74, 6) is 2.63. The molecule has 0 aromatic heterocycles. The van der Waals surface area contributed by atoms with E-state index in [0.29, 0.717) is 5.41 Å². The highest BCUT2D eigenvalue weighted by Gasteiger charge is 2.17. The lowest BCUT2D eigenvalue weighted by atomic mass is 9.88. The van der Waals surface area contributed by atoms with Crippen LogP contribution >= 0.6 is 0 Å². The summed E-state index contributed by atoms with van der Waals surface area (Å²) >= 11 is 0. The molecule has 0 spiro atoms. The van der Waals surface area contributed by atoms with E-state index in [9.17, 15) is 0 Å². The summed E-state index contributed by atoms with van der Waals surface area (Å²) in [4.78, 5) is 0. The van der Waals surface area contributed by atoms with Crippen LogP contribution in [0.5, 0.6) is 11.5 Å². The van der Waals surface area contributed by atoms with E-state index in [0.717, 1.165) is 23.8 Å². The summed E-state index contributed by atoms with van der Waals surface area (Å²) in [5, 5.41) is 0. The second-order valence-electron chi connectivity index (χ2n) is 8.04. The van der Waals surface area contributed by atoms with E-state index >= 15 is 0 Å². The third-order valence-electron chi connectivity index (χ3n) is 4.55. The predicted molar refractivity (Wildman–Crippen MR) is 97.3 cm³/mol. The zero-order valence-corrected chi connectivity index (χ0v) is 14.6. The van der Waals surface area contributed by atoms with Crippen LogP contribution in [-0.2, 0) is 6.42 Å². The Hall–Kier alpha value is -1.76. The van der Waals surface area contributed by atoms with E-state index in [4.69, 9.17) is 4.74 Å². The van der Waals surface area contributed by atoms with E-state index in [1.807, 2.05) is 0 Å². The summed E-state index contributed by atoms with van der Waals surface area (Å²) in [7, 11) is 0. The molecule has 0 saturated heterocycles. The molecule has 0 atom stereocenters. The van der Waals surface area contributed by atoms with Crippen molar-refractivity contribution in [3.8, 4) is 11.5 Å². The molecule has 2 aromatic rings. The molecule has 1 aliphatic rings. The lowest BCUT2D eigenvalue weighted by Crippen LogP contribution is -2.08. The van der Waals surface area contributed by atoms with Crippen molar-refractivity contribution in [1.82, 2.24) is 0 Å². The van der Waals surface area contributed by atoms with Crippen molar-refractivity contribution < 1.29 is 4.74 Å². The second kappa shape index (κ2) is 6.78. The average molecular weight is 308 g/mol. The summed E-state index contributed by atoms with van der Waals surface area (Å²) in [6.45, 7) is 6.81. The van der Waals surface area contributed by atoms with Gasteiger partial charge < -0.3 is 4.74 Å². The standard InChI is InChI=1S/C22H28O/c1-22(2,3)16-17-8-6-12-20(14-17)23-21-13-7-11-19(15-21)18-9-4-5-10-18/h6-8,11-15,18H,4-5,9-10,16H2,1-3H3. The summed E-state index contributed by atoms with van der Waals surface area (Å²) in [6.07, 6.45) is 6.44. The SMILES string of the molecule is CC(C)(C)Cc1cccc(Oc2cccc(C3CCCC3)c2)c1. The molecule has 0 aliphatic heterocycles. The van der Waals surface area contributed by atoms with Crippen LogP contribution < -0.4 is 4.74 Å². The fourth-order valence-electron chi connectivity index (χ4n) is 3.56. The van der Waals surface area contributed by atoms with Gasteiger partial charge in [-0.2, -0.15) is 0 Å². The van der Waals surface area contributed by atoms with E-state index in [2.05, 4.69) is 69.3 Å². The maximum atomic E-state index is 6.13. The molecule has 0 bridgehead atoms. The quantitative estimate of drug-likeness (QED) is 0.608. The molecule has 0 N–H and O–H groups in total. The third-order valence-corrected chi connectivity index (χ3v) is 4.55. The maximum Gasteiger partial charge on any atom is 0.127 e. The van der Waals surface area contributed by atoms with Crippen LogP contribution in [0.25, 0.3) is 0 Å². The van der Waals surface area contributed by atoms with Crippen molar-refractivity contribution >= 4 is 0 Å². The highest BCUT2D eigenvalue weighted by atomic mass is 16.5. The van der Waals surface area contributed by atoms with Gasteiger partial charge in [0.1, 0.15) is 11.5 Å². The average Bonchev–Trinajstić information content (AvgIpc) is 3.00. The Kier molecular flexibility index (Phi) is 4.75. The van der Waals surface area contributed by atoms with Crippen molar-refractivity contribution in [1.29, 1.82) is 0 Å². The zero-order valence-electron chi connectivity index (χ0n) is 14.6. The van der Waals surface area contributed by atoms with E-state index in [1.165, 1.54) is 36.8 Å². The van der Waals surface area contributed by atoms with Gasteiger partial charge in [0.05, 0.1) is 0 Å². The van der Waals surface area contributed by atoms with E-state index in [1.54, 1.807) is 0 Å². The summed E-state index contributed by atoms with van der Waals surface area (Å²) in [5.41, 5.74) is 3.06. The van der Waals surface area contributed by atoms with Crippen molar-refractivity contribution in [2.45, 2.75) is 58.8 Å². The van der Waals surface area contributed by atoms with Crippen molar-refractivity contribution in [2.24, 2.45) is 5.41 Å². The monoisotopic (exact) mass is 308 g/mol. The number of hydrogen-bond donors (Lipinski definition) is 0. The summed E-state index contributed by atoms with van der Waals surface area (Å²) < 4.78 is 6.13. The highest BCUT2D eigenvalue weighted by Crippen LogP contribution is 2.36. The molecule has 1 fully saturated rings. The Labute approximate surface area is 140 Å². The van der Waals surface area contributed by atoms with Crippen LogP contribution in [0.1, 0.15) is 63.5 Å². The Morgan fingerprint density at radius 3 is 2.26 bits per heavy atom. The minimum absolute atomic E-state index is 0.293. The first-order chi connectivity index (χ1) is 11.0. The number of rotatable bonds is 4. The molecule has 0 amide bonds. The van der Waals surface area contributed by atoms with Gasteiger partial charge in [-0.1, -0.05) is 57.9 Å². The molecular formula is C22H28O. The molecule has 1 saturated carbocycles. The highest BCUT2D eigenvalue weighted by molar-refractivity contribution is 5.37. The number of benzene rings is 2. The van der Waals surface area contributed by atoms with Gasteiger partial charge in [0.15, 0.2) is 0 Å². The molecular weight excluding hydrogens is 280 g/mol. The third kappa shape index (κ3) is 4.60. The first kappa shape index (κ1) is 16.1. The lowest BCUT2D eigenvalue weighted by Gasteiger charge is -2.18. The van der Waals surface area contributed by atoms with Gasteiger partial charge in [-0.05, 0) is 66.0 Å². The molecule has 3 rings (SSSR count). The Morgan fingerprint density at radius 1 is 0.913 bits per heavy atom. The van der Waals surface area contributed by atoms with Gasteiger partial charge in [0.2, 0.25) is 0 Å². The van der Waals surface area contributed by atoms with Crippen LogP contribution in [0.15, 0.2) is 48.5 Å². The van der Waals surface area contributed by atoms with Crippen LogP contribution in [0.3, 0.4) is 0 Å². The van der Waals surface area contributed by atoms with Crippen LogP contribution in [0.2, 0.25) is 0 Å². The first-order valence-corrected chi connectivity index (χ1v) is 8.86. The molecule has 0 radical (unpaired) electrons. The Balaban J connectivity index is 1.74. The van der Waals surface area contributed by atoms with E-state index in [-0.39, 0.29) is 0 Å². The lowest BCUT2D eigenvalue weighted by molar-refractivity contribution is 0.409. The maximum absolute atomic E-state index is 6.13. The molecule has 23 heavy (non-hydrogen) atoms. The van der Waals surface area contributed by atoms with Gasteiger partial charge in [-0.25, -0.2) is 0 Å². The van der Waals surface area contributed by atoms with Crippen molar-refractivity contribution in [2.75, 3.05) is 0 Å². The fraction of sp³-hybridized carbons (Fsp3) is 0.455. The van der Waals surface area contributed by atoms with Gasteiger partial charge in [0, 0.05) is 0 Å². The van der Waals surface area contributed by atoms with Crippen LogP contribution in [0.4, 0.5) is 0 Å². The number of ether oxygens (including phenoxy) is 1. The fourth-order valence-corrected chi connectivity index (χ4v) is 3.56. The second-order valence-corrected chi connectivity index (χ2v) is 8.04. The van der Waals surface area contributed by atoms with Crippen LogP contribution in [-0.4, -0.2) is 0 Å². The van der Waals surface area contributed by atoms with Gasteiger partial charge in [0.25, 0.3) is 0 Å². The summed E-state index contributed by atoms with van der Waals surface area (Å²) in [6, 6.07) is 17.2. The molecule has 1 heteroatoms. The van der Waals surface area contributed by atoms with Crippen molar-refractivity contribution in [3.05, 3.63) is 59.7 Å². The van der Waals surface area contributed by atoms with Crippen LogP contribution in [0, 0.1) is 5.41 Å². The largest absolute Gasteiger partial charge is 0.457 e. The molecule has 2 aromatic carbocycles. The zero-order chi connectivity index (χ0) is 16.3. The van der Waals surface area contributed by atoms with E-state index < -0.39 is 0 Å². The first-order valence-electron chi connectivity index (χ1n) is 8.86. The molecule has 122 valence electrons. The molecule has 0 unspecified atom stereocenters. The topological polar surface area (TPSA) is 9.23 Å². The van der Waals surface area contributed by atoms with Gasteiger partial charge in [-0.3, -0.25) is 0 Å². The number of hydrogen-bond acceptors (Lipinski definition) is 1. The minimum Gasteiger partial charge on any atom is -0.457 e. The Bertz CT molecular complexity index is 645. The molecule has 1 nitrogen and oxygen atoms in total. The van der Waals surface area contributed by atoms with Gasteiger partial charge >= 0.3 is 0 Å². The smallest absolute Gasteiger partial charge is 0.127 e.